The van der Waals surface area contributed by atoms with Gasteiger partial charge in [0, 0.05) is 19.7 Å². The molecule has 0 spiro atoms. The molecule has 1 fully saturated rings. The first-order valence-electron chi connectivity index (χ1n) is 7.41. The summed E-state index contributed by atoms with van der Waals surface area (Å²) in [4.78, 5) is 3.93. The van der Waals surface area contributed by atoms with Crippen LogP contribution in [0.3, 0.4) is 0 Å². The minimum atomic E-state index is -0.668. The Morgan fingerprint density at radius 3 is 2.30 bits per heavy atom. The molecule has 1 aliphatic rings. The average molecular weight is 283 g/mol. The second-order valence-electron chi connectivity index (χ2n) is 5.58. The fourth-order valence-electron chi connectivity index (χ4n) is 2.85. The number of anilines is 2. The molecule has 1 aromatic heterocycles. The van der Waals surface area contributed by atoms with E-state index in [1.165, 1.54) is 32.1 Å². The smallest absolute Gasteiger partial charge is 0.168 e. The third-order valence-corrected chi connectivity index (χ3v) is 4.27. The summed E-state index contributed by atoms with van der Waals surface area (Å²) in [7, 11) is 1.57. The number of pyridine rings is 1. The van der Waals surface area contributed by atoms with Crippen LogP contribution in [0.5, 0.6) is 0 Å². The lowest BCUT2D eigenvalue weighted by atomic mass is 9.81. The second-order valence-corrected chi connectivity index (χ2v) is 5.58. The van der Waals surface area contributed by atoms with Crippen molar-refractivity contribution in [3.05, 3.63) is 17.7 Å². The molecule has 0 aliphatic heterocycles. The Bertz CT molecular complexity index is 443. The van der Waals surface area contributed by atoms with Gasteiger partial charge in [0.05, 0.1) is 0 Å². The summed E-state index contributed by atoms with van der Waals surface area (Å²) in [5, 5.41) is 5.65. The lowest BCUT2D eigenvalue weighted by Gasteiger charge is -2.28. The normalized spacial score (nSPS) is 22.6. The number of aromatic nitrogens is 1. The molecule has 112 valence electrons. The zero-order chi connectivity index (χ0) is 14.5. The Hall–Kier alpha value is -1.39. The number of hydrogen-bond donors (Lipinski definition) is 2. The molecule has 1 heterocycles. The first-order chi connectivity index (χ1) is 9.63. The van der Waals surface area contributed by atoms with E-state index in [4.69, 9.17) is 0 Å². The fraction of sp³-hybridized carbons (Fsp3) is 0.667. The van der Waals surface area contributed by atoms with Crippen molar-refractivity contribution in [1.29, 1.82) is 0 Å². The van der Waals surface area contributed by atoms with Gasteiger partial charge in [-0.2, -0.15) is 0 Å². The van der Waals surface area contributed by atoms with Crippen LogP contribution in [0.4, 0.5) is 20.4 Å². The quantitative estimate of drug-likeness (QED) is 0.856. The minimum absolute atomic E-state index is 0.0728. The zero-order valence-corrected chi connectivity index (χ0v) is 12.2. The fourth-order valence-corrected chi connectivity index (χ4v) is 2.85. The Balaban J connectivity index is 1.91. The third-order valence-electron chi connectivity index (χ3n) is 4.27. The van der Waals surface area contributed by atoms with Crippen LogP contribution in [0.15, 0.2) is 6.07 Å². The number of hydrogen-bond acceptors (Lipinski definition) is 3. The maximum absolute atomic E-state index is 13.6. The van der Waals surface area contributed by atoms with Gasteiger partial charge in [-0.3, -0.25) is 0 Å². The second kappa shape index (κ2) is 6.86. The van der Waals surface area contributed by atoms with Crippen LogP contribution >= 0.6 is 0 Å². The highest BCUT2D eigenvalue weighted by atomic mass is 19.1. The van der Waals surface area contributed by atoms with Crippen molar-refractivity contribution in [2.45, 2.75) is 39.0 Å². The summed E-state index contributed by atoms with van der Waals surface area (Å²) in [6.07, 6.45) is 6.11. The molecule has 0 atom stereocenters. The van der Waals surface area contributed by atoms with Crippen molar-refractivity contribution < 1.29 is 8.78 Å². The highest BCUT2D eigenvalue weighted by molar-refractivity contribution is 5.47. The molecule has 1 aromatic rings. The van der Waals surface area contributed by atoms with Gasteiger partial charge in [0.1, 0.15) is 0 Å². The Morgan fingerprint density at radius 2 is 1.70 bits per heavy atom. The van der Waals surface area contributed by atoms with E-state index in [0.717, 1.165) is 12.0 Å². The minimum Gasteiger partial charge on any atom is -0.371 e. The number of halogens is 2. The predicted octanol–water partition coefficient (Wildman–Crippen LogP) is 4.03. The van der Waals surface area contributed by atoms with Crippen LogP contribution in [0.1, 0.15) is 39.0 Å². The zero-order valence-electron chi connectivity index (χ0n) is 12.2. The summed E-state index contributed by atoms with van der Waals surface area (Å²) in [5.74, 6) is 0.310. The molecule has 2 rings (SSSR count). The van der Waals surface area contributed by atoms with Gasteiger partial charge in [-0.15, -0.1) is 0 Å². The van der Waals surface area contributed by atoms with Crippen LogP contribution in [0.2, 0.25) is 0 Å². The van der Waals surface area contributed by atoms with E-state index in [2.05, 4.69) is 22.5 Å². The molecule has 0 amide bonds. The van der Waals surface area contributed by atoms with Crippen LogP contribution in [0, 0.1) is 23.5 Å². The van der Waals surface area contributed by atoms with Gasteiger partial charge in [-0.25, -0.2) is 13.8 Å². The van der Waals surface area contributed by atoms with Gasteiger partial charge in [-0.05, 0) is 24.7 Å². The molecule has 5 heteroatoms. The molecule has 1 saturated carbocycles. The molecule has 0 unspecified atom stereocenters. The van der Waals surface area contributed by atoms with E-state index < -0.39 is 11.6 Å². The third kappa shape index (κ3) is 3.58. The van der Waals surface area contributed by atoms with Crippen LogP contribution < -0.4 is 10.6 Å². The van der Waals surface area contributed by atoms with Crippen molar-refractivity contribution in [3.63, 3.8) is 0 Å². The Labute approximate surface area is 119 Å². The molecule has 0 saturated heterocycles. The SMILES string of the molecule is CCC1CCC(CNc2nc(NC)c(F)cc2F)CC1. The van der Waals surface area contributed by atoms with Crippen LogP contribution in [0.25, 0.3) is 0 Å². The topological polar surface area (TPSA) is 37.0 Å². The molecule has 20 heavy (non-hydrogen) atoms. The summed E-state index contributed by atoms with van der Waals surface area (Å²) >= 11 is 0. The molecular formula is C15H23F2N3. The van der Waals surface area contributed by atoms with Crippen molar-refractivity contribution >= 4 is 11.6 Å². The van der Waals surface area contributed by atoms with Gasteiger partial charge in [0.25, 0.3) is 0 Å². The molecule has 3 nitrogen and oxygen atoms in total. The first-order valence-corrected chi connectivity index (χ1v) is 7.41. The van der Waals surface area contributed by atoms with Crippen LogP contribution in [-0.4, -0.2) is 18.6 Å². The van der Waals surface area contributed by atoms with Gasteiger partial charge in [0.2, 0.25) is 0 Å². The maximum Gasteiger partial charge on any atom is 0.168 e. The lowest BCUT2D eigenvalue weighted by molar-refractivity contribution is 0.278. The summed E-state index contributed by atoms with van der Waals surface area (Å²) in [6, 6.07) is 0.870. The summed E-state index contributed by atoms with van der Waals surface area (Å²) < 4.78 is 27.0. The van der Waals surface area contributed by atoms with Crippen molar-refractivity contribution in [2.24, 2.45) is 11.8 Å². The van der Waals surface area contributed by atoms with E-state index >= 15 is 0 Å². The highest BCUT2D eigenvalue weighted by Crippen LogP contribution is 2.30. The van der Waals surface area contributed by atoms with Crippen molar-refractivity contribution in [2.75, 3.05) is 24.2 Å². The van der Waals surface area contributed by atoms with Gasteiger partial charge < -0.3 is 10.6 Å². The lowest BCUT2D eigenvalue weighted by Crippen LogP contribution is -2.22. The number of nitrogens with one attached hydrogen (secondary N) is 2. The largest absolute Gasteiger partial charge is 0.371 e. The van der Waals surface area contributed by atoms with E-state index in [0.29, 0.717) is 12.5 Å². The van der Waals surface area contributed by atoms with Gasteiger partial charge in [0.15, 0.2) is 23.3 Å². The van der Waals surface area contributed by atoms with Gasteiger partial charge >= 0.3 is 0 Å². The van der Waals surface area contributed by atoms with Crippen LogP contribution in [-0.2, 0) is 0 Å². The number of rotatable bonds is 5. The standard InChI is InChI=1S/C15H23F2N3/c1-3-10-4-6-11(7-5-10)9-19-15-13(17)8-12(16)14(18-2)20-15/h8,10-11H,3-7,9H2,1-2H3,(H2,18,19,20). The molecule has 0 radical (unpaired) electrons. The molecule has 1 aliphatic carbocycles. The summed E-state index contributed by atoms with van der Waals surface area (Å²) in [5.41, 5.74) is 0. The van der Waals surface area contributed by atoms with E-state index in [1.54, 1.807) is 7.05 Å². The summed E-state index contributed by atoms with van der Waals surface area (Å²) in [6.45, 7) is 2.94. The van der Waals surface area contributed by atoms with E-state index in [-0.39, 0.29) is 11.6 Å². The number of nitrogens with zero attached hydrogens (tertiary/aromatic N) is 1. The maximum atomic E-state index is 13.6. The molecular weight excluding hydrogens is 260 g/mol. The highest BCUT2D eigenvalue weighted by Gasteiger charge is 2.20. The monoisotopic (exact) mass is 283 g/mol. The van der Waals surface area contributed by atoms with Crippen molar-refractivity contribution in [1.82, 2.24) is 4.98 Å². The van der Waals surface area contributed by atoms with Crippen molar-refractivity contribution in [3.8, 4) is 0 Å². The molecule has 0 bridgehead atoms. The predicted molar refractivity (Wildman–Crippen MR) is 77.9 cm³/mol. The van der Waals surface area contributed by atoms with E-state index in [9.17, 15) is 8.78 Å². The molecule has 2 N–H and O–H groups in total. The average Bonchev–Trinajstić information content (AvgIpc) is 2.47. The van der Waals surface area contributed by atoms with Gasteiger partial charge in [-0.1, -0.05) is 26.2 Å². The first kappa shape index (κ1) is 15.0. The molecule has 0 aromatic carbocycles. The Kier molecular flexibility index (Phi) is 5.15. The Morgan fingerprint density at radius 1 is 1.10 bits per heavy atom. The van der Waals surface area contributed by atoms with E-state index in [1.807, 2.05) is 0 Å².